The van der Waals surface area contributed by atoms with Gasteiger partial charge in [-0.25, -0.2) is 8.42 Å². The van der Waals surface area contributed by atoms with E-state index in [1.165, 1.54) is 29.9 Å². The maximum absolute atomic E-state index is 12.3. The number of hydrogen-bond donors (Lipinski definition) is 2. The number of H-pyrrole nitrogens is 1. The van der Waals surface area contributed by atoms with Crippen LogP contribution in [0.15, 0.2) is 33.9 Å². The summed E-state index contributed by atoms with van der Waals surface area (Å²) in [6.07, 6.45) is 2.91. The van der Waals surface area contributed by atoms with E-state index in [4.69, 9.17) is 9.52 Å². The first-order valence-electron chi connectivity index (χ1n) is 5.72. The Morgan fingerprint density at radius 3 is 2.74 bits per heavy atom. The molecule has 2 aromatic heterocycles. The minimum atomic E-state index is -3.57. The van der Waals surface area contributed by atoms with Crippen molar-refractivity contribution in [3.8, 4) is 0 Å². The highest BCUT2D eigenvalue weighted by molar-refractivity contribution is 7.89. The van der Waals surface area contributed by atoms with E-state index in [1.54, 1.807) is 13.0 Å². The number of aryl methyl sites for hydroxylation is 1. The summed E-state index contributed by atoms with van der Waals surface area (Å²) in [5.74, 6) is 0.701. The number of furan rings is 1. The summed E-state index contributed by atoms with van der Waals surface area (Å²) in [6, 6.07) is 3.17. The number of aromatic amines is 1. The van der Waals surface area contributed by atoms with E-state index in [9.17, 15) is 8.42 Å². The van der Waals surface area contributed by atoms with Crippen LogP contribution in [0.5, 0.6) is 0 Å². The highest BCUT2D eigenvalue weighted by Gasteiger charge is 2.23. The predicted molar refractivity (Wildman–Crippen MR) is 68.8 cm³/mol. The molecule has 6 nitrogen and oxygen atoms in total. The van der Waals surface area contributed by atoms with Gasteiger partial charge in [-0.05, 0) is 19.1 Å². The van der Waals surface area contributed by atoms with Crippen molar-refractivity contribution in [1.82, 2.24) is 9.29 Å². The molecule has 0 aromatic carbocycles. The van der Waals surface area contributed by atoms with Crippen molar-refractivity contribution in [2.45, 2.75) is 25.0 Å². The molecule has 2 heterocycles. The highest BCUT2D eigenvalue weighted by atomic mass is 32.2. The molecule has 0 saturated carbocycles. The van der Waals surface area contributed by atoms with Crippen LogP contribution in [0, 0.1) is 6.92 Å². The molecule has 0 atom stereocenters. The van der Waals surface area contributed by atoms with E-state index < -0.39 is 10.0 Å². The third-order valence-electron chi connectivity index (χ3n) is 2.95. The van der Waals surface area contributed by atoms with Crippen LogP contribution in [0.4, 0.5) is 0 Å². The Morgan fingerprint density at radius 1 is 1.47 bits per heavy atom. The first-order chi connectivity index (χ1) is 8.95. The minimum Gasteiger partial charge on any atom is -0.469 e. The van der Waals surface area contributed by atoms with Gasteiger partial charge in [0.25, 0.3) is 0 Å². The van der Waals surface area contributed by atoms with Gasteiger partial charge in [0.15, 0.2) is 0 Å². The van der Waals surface area contributed by atoms with Gasteiger partial charge in [-0.3, -0.25) is 0 Å². The van der Waals surface area contributed by atoms with Crippen LogP contribution < -0.4 is 0 Å². The van der Waals surface area contributed by atoms with E-state index in [-0.39, 0.29) is 18.0 Å². The molecule has 0 aliphatic heterocycles. The van der Waals surface area contributed by atoms with E-state index >= 15 is 0 Å². The average molecular weight is 284 g/mol. The summed E-state index contributed by atoms with van der Waals surface area (Å²) in [5.41, 5.74) is 1.29. The molecule has 2 rings (SSSR count). The lowest BCUT2D eigenvalue weighted by molar-refractivity contribution is 0.277. The lowest BCUT2D eigenvalue weighted by Crippen LogP contribution is -2.26. The summed E-state index contributed by atoms with van der Waals surface area (Å²) in [7, 11) is -2.06. The van der Waals surface area contributed by atoms with Crippen LogP contribution in [-0.4, -0.2) is 29.9 Å². The van der Waals surface area contributed by atoms with Crippen LogP contribution in [0.1, 0.15) is 17.0 Å². The second kappa shape index (κ2) is 5.20. The van der Waals surface area contributed by atoms with Crippen LogP contribution >= 0.6 is 0 Å². The van der Waals surface area contributed by atoms with Gasteiger partial charge in [-0.1, -0.05) is 0 Å². The average Bonchev–Trinajstić information content (AvgIpc) is 2.99. The van der Waals surface area contributed by atoms with Gasteiger partial charge in [0.2, 0.25) is 10.0 Å². The SMILES string of the molecule is Cc1occc1CN(C)S(=O)(=O)c1c[nH]c(CO)c1. The van der Waals surface area contributed by atoms with Crippen LogP contribution in [0.3, 0.4) is 0 Å². The van der Waals surface area contributed by atoms with Crippen molar-refractivity contribution in [1.29, 1.82) is 0 Å². The minimum absolute atomic E-state index is 0.139. The van der Waals surface area contributed by atoms with Gasteiger partial charge in [-0.15, -0.1) is 0 Å². The van der Waals surface area contributed by atoms with Crippen LogP contribution in [-0.2, 0) is 23.2 Å². The zero-order valence-corrected chi connectivity index (χ0v) is 11.6. The summed E-state index contributed by atoms with van der Waals surface area (Å²) in [5, 5.41) is 8.95. The lowest BCUT2D eigenvalue weighted by Gasteiger charge is -2.15. The lowest BCUT2D eigenvalue weighted by atomic mass is 10.3. The van der Waals surface area contributed by atoms with Gasteiger partial charge < -0.3 is 14.5 Å². The number of sulfonamides is 1. The summed E-state index contributed by atoms with van der Waals surface area (Å²) >= 11 is 0. The Bertz CT molecular complexity index is 657. The van der Waals surface area contributed by atoms with Gasteiger partial charge in [0, 0.05) is 31.0 Å². The number of aliphatic hydroxyl groups excluding tert-OH is 1. The number of nitrogens with one attached hydrogen (secondary N) is 1. The van der Waals surface area contributed by atoms with Gasteiger partial charge in [0.1, 0.15) is 5.76 Å². The molecule has 0 amide bonds. The quantitative estimate of drug-likeness (QED) is 0.864. The Morgan fingerprint density at radius 2 is 2.21 bits per heavy atom. The number of nitrogens with zero attached hydrogens (tertiary/aromatic N) is 1. The van der Waals surface area contributed by atoms with Gasteiger partial charge >= 0.3 is 0 Å². The molecule has 0 spiro atoms. The molecule has 2 aromatic rings. The molecule has 2 N–H and O–H groups in total. The fourth-order valence-corrected chi connectivity index (χ4v) is 2.91. The second-order valence-electron chi connectivity index (χ2n) is 4.28. The summed E-state index contributed by atoms with van der Waals surface area (Å²) in [4.78, 5) is 2.85. The molecule has 0 fully saturated rings. The number of hydrogen-bond acceptors (Lipinski definition) is 4. The smallest absolute Gasteiger partial charge is 0.244 e. The molecule has 0 unspecified atom stereocenters. The molecule has 0 bridgehead atoms. The van der Waals surface area contributed by atoms with E-state index in [1.807, 2.05) is 0 Å². The van der Waals surface area contributed by atoms with E-state index in [2.05, 4.69) is 4.98 Å². The molecule has 19 heavy (non-hydrogen) atoms. The van der Waals surface area contributed by atoms with Crippen molar-refractivity contribution < 1.29 is 17.9 Å². The number of aromatic nitrogens is 1. The largest absolute Gasteiger partial charge is 0.469 e. The molecule has 7 heteroatoms. The fraction of sp³-hybridized carbons (Fsp3) is 0.333. The third-order valence-corrected chi connectivity index (χ3v) is 4.74. The molecule has 0 saturated heterocycles. The first-order valence-corrected chi connectivity index (χ1v) is 7.16. The van der Waals surface area contributed by atoms with Crippen molar-refractivity contribution >= 4 is 10.0 Å². The van der Waals surface area contributed by atoms with E-state index in [0.717, 1.165) is 5.56 Å². The Balaban J connectivity index is 2.22. The maximum atomic E-state index is 12.3. The summed E-state index contributed by atoms with van der Waals surface area (Å²) < 4.78 is 31.0. The number of aliphatic hydroxyl groups is 1. The Kier molecular flexibility index (Phi) is 3.79. The maximum Gasteiger partial charge on any atom is 0.244 e. The van der Waals surface area contributed by atoms with Crippen molar-refractivity contribution in [3.05, 3.63) is 41.6 Å². The zero-order valence-electron chi connectivity index (χ0n) is 10.8. The molecule has 0 aliphatic rings. The van der Waals surface area contributed by atoms with Crippen molar-refractivity contribution in [2.75, 3.05) is 7.05 Å². The second-order valence-corrected chi connectivity index (χ2v) is 6.33. The molecule has 0 radical (unpaired) electrons. The van der Waals surface area contributed by atoms with Crippen molar-refractivity contribution in [3.63, 3.8) is 0 Å². The molecular formula is C12H16N2O4S. The zero-order chi connectivity index (χ0) is 14.0. The molecule has 104 valence electrons. The normalized spacial score (nSPS) is 12.2. The highest BCUT2D eigenvalue weighted by Crippen LogP contribution is 2.19. The molecular weight excluding hydrogens is 268 g/mol. The topological polar surface area (TPSA) is 86.5 Å². The Hall–Kier alpha value is -1.57. The Labute approximate surface area is 111 Å². The monoisotopic (exact) mass is 284 g/mol. The first kappa shape index (κ1) is 13.9. The van der Waals surface area contributed by atoms with E-state index in [0.29, 0.717) is 11.5 Å². The van der Waals surface area contributed by atoms with Gasteiger partial charge in [-0.2, -0.15) is 4.31 Å². The van der Waals surface area contributed by atoms with Crippen molar-refractivity contribution in [2.24, 2.45) is 0 Å². The van der Waals surface area contributed by atoms with Gasteiger partial charge in [0.05, 0.1) is 17.8 Å². The van der Waals surface area contributed by atoms with Crippen LogP contribution in [0.2, 0.25) is 0 Å². The molecule has 0 aliphatic carbocycles. The predicted octanol–water partition coefficient (Wildman–Crippen LogP) is 1.23. The fourth-order valence-electron chi connectivity index (χ4n) is 1.74. The summed E-state index contributed by atoms with van der Waals surface area (Å²) in [6.45, 7) is 1.81. The van der Waals surface area contributed by atoms with Crippen LogP contribution in [0.25, 0.3) is 0 Å². The standard InChI is InChI=1S/C12H16N2O4S/c1-9-10(3-4-18-9)7-14(2)19(16,17)12-5-11(8-15)13-6-12/h3-6,13,15H,7-8H2,1-2H3. The third kappa shape index (κ3) is 2.73. The number of rotatable bonds is 5.